The van der Waals surface area contributed by atoms with Crippen LogP contribution in [0.1, 0.15) is 24.9 Å². The molecule has 0 unspecified atom stereocenters. The van der Waals surface area contributed by atoms with Gasteiger partial charge in [-0.1, -0.05) is 30.3 Å². The van der Waals surface area contributed by atoms with Crippen molar-refractivity contribution in [2.45, 2.75) is 19.4 Å². The Hall–Kier alpha value is -3.75. The summed E-state index contributed by atoms with van der Waals surface area (Å²) in [6.07, 6.45) is -0.151. The molecule has 0 bridgehead atoms. The zero-order valence-corrected chi connectivity index (χ0v) is 16.3. The van der Waals surface area contributed by atoms with Crippen molar-refractivity contribution in [3.63, 3.8) is 0 Å². The molecule has 0 fully saturated rings. The summed E-state index contributed by atoms with van der Waals surface area (Å²) >= 11 is 0. The van der Waals surface area contributed by atoms with Crippen LogP contribution in [0.2, 0.25) is 0 Å². The number of carbonyl (C=O) groups is 4. The smallest absolute Gasteiger partial charge is 0.308 e. The zero-order valence-electron chi connectivity index (χ0n) is 16.3. The number of esters is 1. The number of amides is 3. The van der Waals surface area contributed by atoms with E-state index in [0.29, 0.717) is 5.69 Å². The molecular weight excluding hydrogens is 393 g/mol. The molecule has 1 atom stereocenters. The number of carbonyl (C=O) groups excluding carboxylic acids is 4. The van der Waals surface area contributed by atoms with Gasteiger partial charge in [0.2, 0.25) is 11.8 Å². The van der Waals surface area contributed by atoms with Crippen LogP contribution in [-0.4, -0.2) is 36.8 Å². The maximum Gasteiger partial charge on any atom is 0.308 e. The number of benzene rings is 2. The van der Waals surface area contributed by atoms with Crippen molar-refractivity contribution >= 4 is 29.4 Å². The van der Waals surface area contributed by atoms with E-state index in [1.807, 2.05) is 6.07 Å². The predicted molar refractivity (Wildman–Crippen MR) is 107 cm³/mol. The standard InChI is InChI=1S/C21H22FN3O5/c1-14(26)24-18(15-5-3-2-4-6-15)11-21(29)30-13-20(28)23-12-19(27)25-17-9-7-16(22)8-10-17/h2-10,18H,11-13H2,1H3,(H,23,28)(H,24,26)(H,25,27)/t18-/m0/s1. The maximum absolute atomic E-state index is 12.8. The Balaban J connectivity index is 1.74. The lowest BCUT2D eigenvalue weighted by Gasteiger charge is -2.17. The fourth-order valence-corrected chi connectivity index (χ4v) is 2.52. The third-order valence-electron chi connectivity index (χ3n) is 3.89. The largest absolute Gasteiger partial charge is 0.456 e. The third kappa shape index (κ3) is 8.09. The first-order chi connectivity index (χ1) is 14.3. The first kappa shape index (κ1) is 22.5. The molecule has 0 saturated heterocycles. The molecule has 158 valence electrons. The van der Waals surface area contributed by atoms with Crippen LogP contribution in [0.5, 0.6) is 0 Å². The molecule has 0 heterocycles. The average molecular weight is 415 g/mol. The van der Waals surface area contributed by atoms with E-state index in [4.69, 9.17) is 4.74 Å². The summed E-state index contributed by atoms with van der Waals surface area (Å²) in [5.41, 5.74) is 1.11. The summed E-state index contributed by atoms with van der Waals surface area (Å²) in [4.78, 5) is 47.0. The lowest BCUT2D eigenvalue weighted by Crippen LogP contribution is -2.36. The molecule has 0 aliphatic heterocycles. The van der Waals surface area contributed by atoms with Gasteiger partial charge in [0.1, 0.15) is 5.82 Å². The van der Waals surface area contributed by atoms with Crippen LogP contribution in [0.4, 0.5) is 10.1 Å². The molecule has 0 spiro atoms. The van der Waals surface area contributed by atoms with E-state index in [-0.39, 0.29) is 18.9 Å². The van der Waals surface area contributed by atoms with Crippen LogP contribution >= 0.6 is 0 Å². The van der Waals surface area contributed by atoms with Gasteiger partial charge in [-0.3, -0.25) is 19.2 Å². The summed E-state index contributed by atoms with van der Waals surface area (Å²) in [6, 6.07) is 13.5. The minimum atomic E-state index is -0.677. The highest BCUT2D eigenvalue weighted by atomic mass is 19.1. The van der Waals surface area contributed by atoms with Gasteiger partial charge >= 0.3 is 5.97 Å². The summed E-state index contributed by atoms with van der Waals surface area (Å²) in [7, 11) is 0. The average Bonchev–Trinajstić information content (AvgIpc) is 2.72. The van der Waals surface area contributed by atoms with Crippen LogP contribution in [0.15, 0.2) is 54.6 Å². The van der Waals surface area contributed by atoms with Crippen LogP contribution < -0.4 is 16.0 Å². The quantitative estimate of drug-likeness (QED) is 0.540. The Morgan fingerprint density at radius 1 is 0.967 bits per heavy atom. The fourth-order valence-electron chi connectivity index (χ4n) is 2.52. The van der Waals surface area contributed by atoms with Crippen LogP contribution in [0.25, 0.3) is 0 Å². The summed E-state index contributed by atoms with van der Waals surface area (Å²) in [5, 5.41) is 7.46. The number of anilines is 1. The van der Waals surface area contributed by atoms with Gasteiger partial charge in [0.15, 0.2) is 6.61 Å². The van der Waals surface area contributed by atoms with Gasteiger partial charge in [-0.15, -0.1) is 0 Å². The molecular formula is C21H22FN3O5. The van der Waals surface area contributed by atoms with E-state index >= 15 is 0 Å². The minimum Gasteiger partial charge on any atom is -0.456 e. The second kappa shape index (κ2) is 11.3. The Kier molecular flexibility index (Phi) is 8.49. The van der Waals surface area contributed by atoms with Crippen LogP contribution in [0.3, 0.4) is 0 Å². The normalized spacial score (nSPS) is 11.1. The third-order valence-corrected chi connectivity index (χ3v) is 3.89. The van der Waals surface area contributed by atoms with E-state index in [9.17, 15) is 23.6 Å². The van der Waals surface area contributed by atoms with Gasteiger partial charge in [-0.2, -0.15) is 0 Å². The fraction of sp³-hybridized carbons (Fsp3) is 0.238. The molecule has 2 aromatic rings. The molecule has 0 aliphatic carbocycles. The van der Waals surface area contributed by atoms with E-state index in [2.05, 4.69) is 16.0 Å². The zero-order chi connectivity index (χ0) is 21.9. The Bertz CT molecular complexity index is 887. The molecule has 0 aromatic heterocycles. The molecule has 0 saturated carbocycles. The Morgan fingerprint density at radius 2 is 1.63 bits per heavy atom. The van der Waals surface area contributed by atoms with Crippen molar-refractivity contribution in [1.29, 1.82) is 0 Å². The molecule has 30 heavy (non-hydrogen) atoms. The van der Waals surface area contributed by atoms with Gasteiger partial charge in [0, 0.05) is 12.6 Å². The van der Waals surface area contributed by atoms with E-state index in [1.54, 1.807) is 24.3 Å². The summed E-state index contributed by atoms with van der Waals surface area (Å²) in [5.74, 6) is -2.59. The minimum absolute atomic E-state index is 0.151. The molecule has 2 aromatic carbocycles. The van der Waals surface area contributed by atoms with Crippen LogP contribution in [-0.2, 0) is 23.9 Å². The van der Waals surface area contributed by atoms with Gasteiger partial charge in [-0.25, -0.2) is 4.39 Å². The number of rotatable bonds is 9. The van der Waals surface area contributed by atoms with E-state index in [0.717, 1.165) is 5.56 Å². The monoisotopic (exact) mass is 415 g/mol. The molecule has 2 rings (SSSR count). The maximum atomic E-state index is 12.8. The number of hydrogen-bond acceptors (Lipinski definition) is 5. The highest BCUT2D eigenvalue weighted by molar-refractivity contribution is 5.94. The second-order valence-corrected chi connectivity index (χ2v) is 6.36. The molecule has 9 heteroatoms. The van der Waals surface area contributed by atoms with E-state index < -0.39 is 36.2 Å². The SMILES string of the molecule is CC(=O)N[C@@H](CC(=O)OCC(=O)NCC(=O)Nc1ccc(F)cc1)c1ccccc1. The van der Waals surface area contributed by atoms with Gasteiger partial charge in [-0.05, 0) is 29.8 Å². The van der Waals surface area contributed by atoms with Crippen molar-refractivity contribution < 1.29 is 28.3 Å². The van der Waals surface area contributed by atoms with Gasteiger partial charge in [0.25, 0.3) is 5.91 Å². The predicted octanol–water partition coefficient (Wildman–Crippen LogP) is 1.69. The highest BCUT2D eigenvalue weighted by Gasteiger charge is 2.18. The van der Waals surface area contributed by atoms with Crippen LogP contribution in [0, 0.1) is 5.82 Å². The molecule has 8 nitrogen and oxygen atoms in total. The molecule has 0 aliphatic rings. The van der Waals surface area contributed by atoms with Crippen molar-refractivity contribution in [3.8, 4) is 0 Å². The Labute approximate surface area is 172 Å². The molecule has 3 amide bonds. The van der Waals surface area contributed by atoms with Gasteiger partial charge < -0.3 is 20.7 Å². The number of ether oxygens (including phenoxy) is 1. The number of nitrogens with one attached hydrogen (secondary N) is 3. The molecule has 0 radical (unpaired) electrons. The lowest BCUT2D eigenvalue weighted by molar-refractivity contribution is -0.149. The molecule has 3 N–H and O–H groups in total. The summed E-state index contributed by atoms with van der Waals surface area (Å²) in [6.45, 7) is 0.433. The first-order valence-electron chi connectivity index (χ1n) is 9.13. The van der Waals surface area contributed by atoms with Crippen molar-refractivity contribution in [2.24, 2.45) is 0 Å². The lowest BCUT2D eigenvalue weighted by atomic mass is 10.0. The van der Waals surface area contributed by atoms with E-state index in [1.165, 1.54) is 31.2 Å². The topological polar surface area (TPSA) is 114 Å². The second-order valence-electron chi connectivity index (χ2n) is 6.36. The van der Waals surface area contributed by atoms with Crippen molar-refractivity contribution in [2.75, 3.05) is 18.5 Å². The summed E-state index contributed by atoms with van der Waals surface area (Å²) < 4.78 is 17.8. The first-order valence-corrected chi connectivity index (χ1v) is 9.13. The number of halogens is 1. The van der Waals surface area contributed by atoms with Gasteiger partial charge in [0.05, 0.1) is 19.0 Å². The van der Waals surface area contributed by atoms with Crippen molar-refractivity contribution in [3.05, 3.63) is 66.0 Å². The number of hydrogen-bond donors (Lipinski definition) is 3. The highest BCUT2D eigenvalue weighted by Crippen LogP contribution is 2.17. The Morgan fingerprint density at radius 3 is 2.27 bits per heavy atom. The van der Waals surface area contributed by atoms with Crippen molar-refractivity contribution in [1.82, 2.24) is 10.6 Å².